The average Bonchev–Trinajstić information content (AvgIpc) is 3.19. The molecule has 0 bridgehead atoms. The third-order valence-corrected chi connectivity index (χ3v) is 7.28. The Kier molecular flexibility index (Phi) is 9.73. The molecule has 3 amide bonds. The molecular weight excluding hydrogens is 540 g/mol. The molecule has 1 fully saturated rings. The third kappa shape index (κ3) is 7.70. The van der Waals surface area contributed by atoms with Crippen molar-refractivity contribution in [2.24, 2.45) is 0 Å². The molecule has 1 heterocycles. The average molecular weight is 575 g/mol. The highest BCUT2D eigenvalue weighted by Gasteiger charge is 2.34. The van der Waals surface area contributed by atoms with Crippen LogP contribution >= 0.6 is 11.8 Å². The summed E-state index contributed by atoms with van der Waals surface area (Å²) in [6.45, 7) is 10.2. The first kappa shape index (κ1) is 29.7. The Hall–Kier alpha value is -4.24. The number of amides is 3. The number of rotatable bonds is 11. The van der Waals surface area contributed by atoms with E-state index in [0.29, 0.717) is 28.6 Å². The zero-order valence-corrected chi connectivity index (χ0v) is 24.7. The number of hydrogen-bond donors (Lipinski definition) is 1. The Morgan fingerprint density at radius 1 is 0.854 bits per heavy atom. The molecule has 0 spiro atoms. The van der Waals surface area contributed by atoms with E-state index in [9.17, 15) is 14.4 Å². The molecule has 1 saturated heterocycles. The number of ether oxygens (including phenoxy) is 3. The van der Waals surface area contributed by atoms with Crippen LogP contribution in [0.15, 0.2) is 59.5 Å². The molecular formula is C32H34N2O6S. The zero-order chi connectivity index (χ0) is 29.5. The fraction of sp³-hybridized carbons (Fsp3) is 0.281. The molecule has 1 aliphatic rings. The first-order valence-corrected chi connectivity index (χ1v) is 14.2. The van der Waals surface area contributed by atoms with Gasteiger partial charge < -0.3 is 19.5 Å². The number of carbonyl (C=O) groups excluding carboxylic acids is 3. The van der Waals surface area contributed by atoms with Crippen molar-refractivity contribution in [2.45, 2.75) is 34.6 Å². The predicted octanol–water partition coefficient (Wildman–Crippen LogP) is 6.45. The van der Waals surface area contributed by atoms with Crippen LogP contribution in [0.2, 0.25) is 0 Å². The summed E-state index contributed by atoms with van der Waals surface area (Å²) in [6.07, 6.45) is 1.65. The van der Waals surface area contributed by atoms with Crippen LogP contribution < -0.4 is 19.5 Å². The summed E-state index contributed by atoms with van der Waals surface area (Å²) >= 11 is 0.887. The van der Waals surface area contributed by atoms with Gasteiger partial charge in [-0.2, -0.15) is 0 Å². The number of carbonyl (C=O) groups is 3. The van der Waals surface area contributed by atoms with E-state index in [0.717, 1.165) is 45.5 Å². The monoisotopic (exact) mass is 574 g/mol. The lowest BCUT2D eigenvalue weighted by Gasteiger charge is -2.15. The van der Waals surface area contributed by atoms with Crippen LogP contribution in [0.4, 0.5) is 10.5 Å². The Morgan fingerprint density at radius 2 is 1.61 bits per heavy atom. The largest absolute Gasteiger partial charge is 0.491 e. The van der Waals surface area contributed by atoms with Crippen molar-refractivity contribution >= 4 is 40.6 Å². The second-order valence-electron chi connectivity index (χ2n) is 9.75. The van der Waals surface area contributed by atoms with Crippen LogP contribution in [0.1, 0.15) is 34.7 Å². The van der Waals surface area contributed by atoms with Gasteiger partial charge >= 0.3 is 0 Å². The number of aryl methyl sites for hydroxylation is 4. The number of nitrogens with one attached hydrogen (secondary N) is 1. The van der Waals surface area contributed by atoms with Gasteiger partial charge in [0.1, 0.15) is 12.4 Å². The van der Waals surface area contributed by atoms with Crippen molar-refractivity contribution in [1.29, 1.82) is 0 Å². The highest BCUT2D eigenvalue weighted by atomic mass is 32.2. The van der Waals surface area contributed by atoms with Crippen LogP contribution in [0.25, 0.3) is 6.08 Å². The van der Waals surface area contributed by atoms with Crippen molar-refractivity contribution in [1.82, 2.24) is 4.90 Å². The molecule has 8 nitrogen and oxygen atoms in total. The molecule has 1 N–H and O–H groups in total. The number of anilines is 1. The number of nitrogens with zero attached hydrogens (tertiary/aromatic N) is 1. The van der Waals surface area contributed by atoms with E-state index in [1.54, 1.807) is 24.3 Å². The quantitative estimate of drug-likeness (QED) is 0.263. The molecule has 0 saturated carbocycles. The molecule has 0 atom stereocenters. The van der Waals surface area contributed by atoms with E-state index < -0.39 is 0 Å². The van der Waals surface area contributed by atoms with E-state index in [4.69, 9.17) is 14.2 Å². The maximum Gasteiger partial charge on any atom is 0.293 e. The molecule has 9 heteroatoms. The van der Waals surface area contributed by atoms with Gasteiger partial charge in [-0.25, -0.2) is 0 Å². The number of hydrogen-bond acceptors (Lipinski definition) is 7. The normalized spacial score (nSPS) is 14.0. The van der Waals surface area contributed by atoms with Crippen molar-refractivity contribution in [3.63, 3.8) is 0 Å². The minimum atomic E-state index is -0.370. The highest BCUT2D eigenvalue weighted by molar-refractivity contribution is 8.18. The fourth-order valence-electron chi connectivity index (χ4n) is 4.24. The van der Waals surface area contributed by atoms with Gasteiger partial charge in [0, 0.05) is 5.69 Å². The number of thioether (sulfide) groups is 1. The van der Waals surface area contributed by atoms with E-state index in [-0.39, 0.29) is 36.8 Å². The second-order valence-corrected chi connectivity index (χ2v) is 10.7. The van der Waals surface area contributed by atoms with Gasteiger partial charge in [-0.15, -0.1) is 0 Å². The summed E-state index contributed by atoms with van der Waals surface area (Å²) in [7, 11) is 0. The third-order valence-electron chi connectivity index (χ3n) is 6.37. The first-order chi connectivity index (χ1) is 19.6. The summed E-state index contributed by atoms with van der Waals surface area (Å²) < 4.78 is 17.3. The van der Waals surface area contributed by atoms with E-state index >= 15 is 0 Å². The molecule has 0 unspecified atom stereocenters. The second kappa shape index (κ2) is 13.4. The van der Waals surface area contributed by atoms with Gasteiger partial charge in [0.15, 0.2) is 18.1 Å². The highest BCUT2D eigenvalue weighted by Crippen LogP contribution is 2.35. The van der Waals surface area contributed by atoms with Crippen LogP contribution in [0, 0.1) is 27.7 Å². The fourth-order valence-corrected chi connectivity index (χ4v) is 5.10. The van der Waals surface area contributed by atoms with Crippen molar-refractivity contribution in [3.05, 3.63) is 87.3 Å². The minimum absolute atomic E-state index is 0.149. The first-order valence-electron chi connectivity index (χ1n) is 13.4. The minimum Gasteiger partial charge on any atom is -0.491 e. The molecule has 41 heavy (non-hydrogen) atoms. The summed E-state index contributed by atoms with van der Waals surface area (Å²) in [6, 6.07) is 16.9. The number of benzene rings is 3. The van der Waals surface area contributed by atoms with Crippen molar-refractivity contribution in [3.8, 4) is 17.2 Å². The summed E-state index contributed by atoms with van der Waals surface area (Å²) in [4.78, 5) is 39.6. The van der Waals surface area contributed by atoms with E-state index in [1.165, 1.54) is 4.90 Å². The standard InChI is InChI=1S/C32H34N2O6S/c1-6-38-28-17-24(10-12-26(28)40-19-30(35)33-25-11-8-20(2)15-23(25)5)18-29-31(36)34(32(37)41-29)13-14-39-27-16-21(3)7-9-22(27)4/h7-12,15-18H,6,13-14,19H2,1-5H3,(H,33,35)/b29-18-. The van der Waals surface area contributed by atoms with Gasteiger partial charge in [0.05, 0.1) is 18.1 Å². The summed E-state index contributed by atoms with van der Waals surface area (Å²) in [5, 5.41) is 2.52. The molecule has 1 aliphatic heterocycles. The van der Waals surface area contributed by atoms with Gasteiger partial charge in [-0.1, -0.05) is 35.9 Å². The Balaban J connectivity index is 1.38. The van der Waals surface area contributed by atoms with Gasteiger partial charge in [0.2, 0.25) is 0 Å². The van der Waals surface area contributed by atoms with Gasteiger partial charge in [-0.05, 0) is 99.0 Å². The van der Waals surface area contributed by atoms with Crippen LogP contribution in [-0.2, 0) is 9.59 Å². The van der Waals surface area contributed by atoms with E-state index in [1.807, 2.05) is 71.0 Å². The van der Waals surface area contributed by atoms with Gasteiger partial charge in [-0.3, -0.25) is 19.3 Å². The molecule has 4 rings (SSSR count). The maximum absolute atomic E-state index is 13.0. The van der Waals surface area contributed by atoms with Gasteiger partial charge in [0.25, 0.3) is 17.1 Å². The molecule has 0 aliphatic carbocycles. The van der Waals surface area contributed by atoms with Crippen LogP contribution in [-0.4, -0.2) is 48.3 Å². The van der Waals surface area contributed by atoms with Crippen LogP contribution in [0.3, 0.4) is 0 Å². The molecule has 0 aromatic heterocycles. The summed E-state index contributed by atoms with van der Waals surface area (Å²) in [5.41, 5.74) is 5.54. The Labute approximate surface area is 244 Å². The predicted molar refractivity (Wildman–Crippen MR) is 162 cm³/mol. The van der Waals surface area contributed by atoms with E-state index in [2.05, 4.69) is 5.32 Å². The smallest absolute Gasteiger partial charge is 0.293 e. The zero-order valence-electron chi connectivity index (χ0n) is 23.9. The molecule has 0 radical (unpaired) electrons. The Bertz CT molecular complexity index is 1500. The lowest BCUT2D eigenvalue weighted by Crippen LogP contribution is -2.32. The van der Waals surface area contributed by atoms with Crippen LogP contribution in [0.5, 0.6) is 17.2 Å². The SMILES string of the molecule is CCOc1cc(/C=C2\SC(=O)N(CCOc3cc(C)ccc3C)C2=O)ccc1OCC(=O)Nc1ccc(C)cc1C. The lowest BCUT2D eigenvalue weighted by molar-refractivity contribution is -0.123. The number of imide groups is 1. The Morgan fingerprint density at radius 3 is 2.37 bits per heavy atom. The molecule has 214 valence electrons. The van der Waals surface area contributed by atoms with Crippen molar-refractivity contribution in [2.75, 3.05) is 31.7 Å². The topological polar surface area (TPSA) is 94.2 Å². The maximum atomic E-state index is 13.0. The molecule has 3 aromatic rings. The van der Waals surface area contributed by atoms with Crippen molar-refractivity contribution < 1.29 is 28.6 Å². The summed E-state index contributed by atoms with van der Waals surface area (Å²) in [5.74, 6) is 0.906. The molecule has 3 aromatic carbocycles. The lowest BCUT2D eigenvalue weighted by atomic mass is 10.1.